The number of hydrogen-bond donors (Lipinski definition) is 1. The fourth-order valence-electron chi connectivity index (χ4n) is 3.16. The SMILES string of the molecule is CNCC1CCCN(C(C)c2ccccc2C)C1. The molecule has 1 saturated heterocycles. The van der Waals surface area contributed by atoms with Gasteiger partial charge in [-0.3, -0.25) is 4.90 Å². The minimum atomic E-state index is 0.547. The standard InChI is InChI=1S/C16H26N2/c1-13-7-4-5-9-16(13)14(2)18-10-6-8-15(12-18)11-17-3/h4-5,7,9,14-15,17H,6,8,10-12H2,1-3H3. The Hall–Kier alpha value is -0.860. The van der Waals surface area contributed by atoms with Gasteiger partial charge < -0.3 is 5.32 Å². The van der Waals surface area contributed by atoms with E-state index in [2.05, 4.69) is 55.4 Å². The van der Waals surface area contributed by atoms with Crippen LogP contribution in [0.4, 0.5) is 0 Å². The lowest BCUT2D eigenvalue weighted by atomic mass is 9.94. The Bertz CT molecular complexity index is 373. The quantitative estimate of drug-likeness (QED) is 0.878. The van der Waals surface area contributed by atoms with E-state index in [0.29, 0.717) is 6.04 Å². The van der Waals surface area contributed by atoms with E-state index < -0.39 is 0 Å². The number of nitrogens with one attached hydrogen (secondary N) is 1. The normalized spacial score (nSPS) is 22.9. The molecule has 0 radical (unpaired) electrons. The Morgan fingerprint density at radius 2 is 2.17 bits per heavy atom. The van der Waals surface area contributed by atoms with Gasteiger partial charge in [0.05, 0.1) is 0 Å². The predicted molar refractivity (Wildman–Crippen MR) is 77.8 cm³/mol. The van der Waals surface area contributed by atoms with Gasteiger partial charge in [-0.25, -0.2) is 0 Å². The molecule has 1 aromatic carbocycles. The molecule has 0 saturated carbocycles. The molecule has 1 aliphatic rings. The molecule has 1 heterocycles. The van der Waals surface area contributed by atoms with Crippen molar-refractivity contribution in [2.75, 3.05) is 26.7 Å². The summed E-state index contributed by atoms with van der Waals surface area (Å²) in [4.78, 5) is 2.65. The van der Waals surface area contributed by atoms with Gasteiger partial charge in [0, 0.05) is 12.6 Å². The van der Waals surface area contributed by atoms with Gasteiger partial charge >= 0.3 is 0 Å². The lowest BCUT2D eigenvalue weighted by molar-refractivity contribution is 0.131. The number of benzene rings is 1. The molecule has 18 heavy (non-hydrogen) atoms. The first-order chi connectivity index (χ1) is 8.72. The molecular formula is C16H26N2. The molecule has 0 spiro atoms. The van der Waals surface area contributed by atoms with Crippen LogP contribution < -0.4 is 5.32 Å². The van der Waals surface area contributed by atoms with Crippen LogP contribution in [0.15, 0.2) is 24.3 Å². The van der Waals surface area contributed by atoms with Crippen molar-refractivity contribution in [1.82, 2.24) is 10.2 Å². The van der Waals surface area contributed by atoms with Gasteiger partial charge in [0.1, 0.15) is 0 Å². The molecule has 0 aromatic heterocycles. The number of likely N-dealkylation sites (tertiary alicyclic amines) is 1. The molecule has 2 atom stereocenters. The van der Waals surface area contributed by atoms with Crippen LogP contribution in [-0.4, -0.2) is 31.6 Å². The fourth-order valence-corrected chi connectivity index (χ4v) is 3.16. The highest BCUT2D eigenvalue weighted by Crippen LogP contribution is 2.28. The van der Waals surface area contributed by atoms with Gasteiger partial charge in [-0.2, -0.15) is 0 Å². The van der Waals surface area contributed by atoms with Crippen molar-refractivity contribution in [3.63, 3.8) is 0 Å². The molecule has 0 aliphatic carbocycles. The number of aryl methyl sites for hydroxylation is 1. The van der Waals surface area contributed by atoms with Crippen LogP contribution in [0.3, 0.4) is 0 Å². The Kier molecular flexibility index (Phi) is 4.79. The van der Waals surface area contributed by atoms with Crippen LogP contribution in [0.1, 0.15) is 36.9 Å². The molecule has 2 heteroatoms. The van der Waals surface area contributed by atoms with Crippen LogP contribution in [0.5, 0.6) is 0 Å². The van der Waals surface area contributed by atoms with Gasteiger partial charge in [-0.15, -0.1) is 0 Å². The van der Waals surface area contributed by atoms with Gasteiger partial charge in [-0.1, -0.05) is 24.3 Å². The van der Waals surface area contributed by atoms with E-state index in [1.807, 2.05) is 0 Å². The second kappa shape index (κ2) is 6.35. The molecule has 0 bridgehead atoms. The lowest BCUT2D eigenvalue weighted by Gasteiger charge is -2.37. The summed E-state index contributed by atoms with van der Waals surface area (Å²) in [5, 5.41) is 3.32. The van der Waals surface area contributed by atoms with Crippen molar-refractivity contribution in [3.05, 3.63) is 35.4 Å². The number of nitrogens with zero attached hydrogens (tertiary/aromatic N) is 1. The second-order valence-corrected chi connectivity index (χ2v) is 5.59. The third kappa shape index (κ3) is 3.12. The Balaban J connectivity index is 2.04. The average Bonchev–Trinajstić information content (AvgIpc) is 2.39. The Morgan fingerprint density at radius 1 is 1.39 bits per heavy atom. The highest BCUT2D eigenvalue weighted by atomic mass is 15.2. The number of hydrogen-bond acceptors (Lipinski definition) is 2. The summed E-state index contributed by atoms with van der Waals surface area (Å²) in [6.45, 7) is 8.20. The summed E-state index contributed by atoms with van der Waals surface area (Å²) in [5.74, 6) is 0.815. The zero-order valence-electron chi connectivity index (χ0n) is 11.9. The molecule has 1 aliphatic heterocycles. The highest BCUT2D eigenvalue weighted by Gasteiger charge is 2.24. The topological polar surface area (TPSA) is 15.3 Å². The summed E-state index contributed by atoms with van der Waals surface area (Å²) in [6.07, 6.45) is 2.71. The largest absolute Gasteiger partial charge is 0.319 e. The predicted octanol–water partition coefficient (Wildman–Crippen LogP) is 2.99. The fraction of sp³-hybridized carbons (Fsp3) is 0.625. The summed E-state index contributed by atoms with van der Waals surface area (Å²) in [7, 11) is 2.06. The molecule has 0 amide bonds. The molecule has 1 N–H and O–H groups in total. The molecule has 2 unspecified atom stereocenters. The first kappa shape index (κ1) is 13.6. The summed E-state index contributed by atoms with van der Waals surface area (Å²) in [5.41, 5.74) is 2.91. The summed E-state index contributed by atoms with van der Waals surface area (Å²) in [6, 6.07) is 9.34. The van der Waals surface area contributed by atoms with E-state index in [1.165, 1.54) is 37.1 Å². The first-order valence-electron chi connectivity index (χ1n) is 7.16. The second-order valence-electron chi connectivity index (χ2n) is 5.59. The molecular weight excluding hydrogens is 220 g/mol. The maximum absolute atomic E-state index is 3.32. The smallest absolute Gasteiger partial charge is 0.0322 e. The number of rotatable bonds is 4. The minimum Gasteiger partial charge on any atom is -0.319 e. The lowest BCUT2D eigenvalue weighted by Crippen LogP contribution is -2.40. The van der Waals surface area contributed by atoms with Gasteiger partial charge in [-0.05, 0) is 63.9 Å². The number of piperidine rings is 1. The zero-order chi connectivity index (χ0) is 13.0. The van der Waals surface area contributed by atoms with E-state index in [9.17, 15) is 0 Å². The Labute approximate surface area is 111 Å². The molecule has 1 aromatic rings. The molecule has 2 nitrogen and oxygen atoms in total. The third-order valence-corrected chi connectivity index (χ3v) is 4.23. The maximum Gasteiger partial charge on any atom is 0.0322 e. The maximum atomic E-state index is 3.32. The summed E-state index contributed by atoms with van der Waals surface area (Å²) < 4.78 is 0. The summed E-state index contributed by atoms with van der Waals surface area (Å²) >= 11 is 0. The molecule has 1 fully saturated rings. The van der Waals surface area contributed by atoms with Crippen LogP contribution in [0, 0.1) is 12.8 Å². The Morgan fingerprint density at radius 3 is 2.89 bits per heavy atom. The van der Waals surface area contributed by atoms with Crippen LogP contribution in [-0.2, 0) is 0 Å². The van der Waals surface area contributed by atoms with Crippen LogP contribution in [0.25, 0.3) is 0 Å². The highest BCUT2D eigenvalue weighted by molar-refractivity contribution is 5.28. The van der Waals surface area contributed by atoms with Crippen molar-refractivity contribution in [1.29, 1.82) is 0 Å². The molecule has 100 valence electrons. The van der Waals surface area contributed by atoms with Crippen molar-refractivity contribution < 1.29 is 0 Å². The van der Waals surface area contributed by atoms with Crippen LogP contribution in [0.2, 0.25) is 0 Å². The van der Waals surface area contributed by atoms with Crippen LogP contribution >= 0.6 is 0 Å². The van der Waals surface area contributed by atoms with Crippen molar-refractivity contribution in [2.24, 2.45) is 5.92 Å². The van der Waals surface area contributed by atoms with E-state index in [4.69, 9.17) is 0 Å². The van der Waals surface area contributed by atoms with Crippen molar-refractivity contribution in [2.45, 2.75) is 32.7 Å². The van der Waals surface area contributed by atoms with E-state index in [1.54, 1.807) is 0 Å². The van der Waals surface area contributed by atoms with Gasteiger partial charge in [0.2, 0.25) is 0 Å². The minimum absolute atomic E-state index is 0.547. The van der Waals surface area contributed by atoms with Gasteiger partial charge in [0.25, 0.3) is 0 Å². The van der Waals surface area contributed by atoms with Gasteiger partial charge in [0.15, 0.2) is 0 Å². The van der Waals surface area contributed by atoms with E-state index in [0.717, 1.165) is 12.5 Å². The van der Waals surface area contributed by atoms with Crippen molar-refractivity contribution >= 4 is 0 Å². The van der Waals surface area contributed by atoms with E-state index in [-0.39, 0.29) is 0 Å². The zero-order valence-corrected chi connectivity index (χ0v) is 11.9. The van der Waals surface area contributed by atoms with E-state index >= 15 is 0 Å². The third-order valence-electron chi connectivity index (χ3n) is 4.23. The average molecular weight is 246 g/mol. The first-order valence-corrected chi connectivity index (χ1v) is 7.16. The monoisotopic (exact) mass is 246 g/mol. The van der Waals surface area contributed by atoms with Crippen molar-refractivity contribution in [3.8, 4) is 0 Å². The molecule has 2 rings (SSSR count).